The number of ether oxygens (including phenoxy) is 1. The van der Waals surface area contributed by atoms with E-state index in [1.165, 1.54) is 0 Å². The number of nitrogens with one attached hydrogen (secondary N) is 1. The van der Waals surface area contributed by atoms with E-state index in [2.05, 4.69) is 12.2 Å². The van der Waals surface area contributed by atoms with Crippen LogP contribution in [-0.4, -0.2) is 43.1 Å². The first-order valence-electron chi connectivity index (χ1n) is 6.46. The minimum absolute atomic E-state index is 0.0303. The van der Waals surface area contributed by atoms with Gasteiger partial charge in [-0.05, 0) is 37.6 Å². The molecule has 0 spiro atoms. The average Bonchev–Trinajstić information content (AvgIpc) is 2.37. The first kappa shape index (κ1) is 14.2. The van der Waals surface area contributed by atoms with Gasteiger partial charge in [0.2, 0.25) is 0 Å². The molecule has 0 bridgehead atoms. The molecule has 19 heavy (non-hydrogen) atoms. The summed E-state index contributed by atoms with van der Waals surface area (Å²) in [5.74, 6) is 0.739. The van der Waals surface area contributed by atoms with Crippen LogP contribution >= 0.6 is 11.6 Å². The molecule has 1 amide bonds. The van der Waals surface area contributed by atoms with E-state index in [4.69, 9.17) is 16.3 Å². The third-order valence-electron chi connectivity index (χ3n) is 3.21. The van der Waals surface area contributed by atoms with E-state index < -0.39 is 0 Å². The first-order valence-corrected chi connectivity index (χ1v) is 6.84. The smallest absolute Gasteiger partial charge is 0.260 e. The van der Waals surface area contributed by atoms with Crippen molar-refractivity contribution in [2.75, 3.05) is 26.2 Å². The van der Waals surface area contributed by atoms with Crippen LogP contribution in [0.15, 0.2) is 18.2 Å². The van der Waals surface area contributed by atoms with E-state index in [0.717, 1.165) is 25.2 Å². The molecular weight excluding hydrogens is 264 g/mol. The van der Waals surface area contributed by atoms with Crippen LogP contribution in [0, 0.1) is 6.92 Å². The Hall–Kier alpha value is -1.26. The van der Waals surface area contributed by atoms with Gasteiger partial charge in [-0.3, -0.25) is 4.79 Å². The second kappa shape index (κ2) is 6.26. The Morgan fingerprint density at radius 3 is 3.05 bits per heavy atom. The summed E-state index contributed by atoms with van der Waals surface area (Å²) in [5.41, 5.74) is 0.939. The van der Waals surface area contributed by atoms with Crippen LogP contribution in [0.3, 0.4) is 0 Å². The maximum absolute atomic E-state index is 12.0. The van der Waals surface area contributed by atoms with E-state index in [1.807, 2.05) is 17.9 Å². The lowest BCUT2D eigenvalue weighted by Crippen LogP contribution is -2.52. The molecule has 104 valence electrons. The highest BCUT2D eigenvalue weighted by atomic mass is 35.5. The summed E-state index contributed by atoms with van der Waals surface area (Å²) < 4.78 is 5.57. The van der Waals surface area contributed by atoms with Crippen molar-refractivity contribution in [3.05, 3.63) is 28.8 Å². The summed E-state index contributed by atoms with van der Waals surface area (Å²) in [5, 5.41) is 3.98. The minimum atomic E-state index is 0.0303. The van der Waals surface area contributed by atoms with Crippen LogP contribution in [-0.2, 0) is 4.79 Å². The van der Waals surface area contributed by atoms with E-state index in [1.54, 1.807) is 12.1 Å². The Bertz CT molecular complexity index is 465. The summed E-state index contributed by atoms with van der Waals surface area (Å²) >= 11 is 5.88. The van der Waals surface area contributed by atoms with Gasteiger partial charge in [0.1, 0.15) is 5.75 Å². The number of benzene rings is 1. The van der Waals surface area contributed by atoms with Gasteiger partial charge in [-0.15, -0.1) is 0 Å². The molecule has 4 nitrogen and oxygen atoms in total. The average molecular weight is 283 g/mol. The largest absolute Gasteiger partial charge is 0.483 e. The maximum Gasteiger partial charge on any atom is 0.260 e. The van der Waals surface area contributed by atoms with E-state index >= 15 is 0 Å². The van der Waals surface area contributed by atoms with Crippen LogP contribution < -0.4 is 10.1 Å². The molecule has 5 heteroatoms. The summed E-state index contributed by atoms with van der Waals surface area (Å²) in [7, 11) is 0. The number of amides is 1. The molecule has 0 saturated carbocycles. The van der Waals surface area contributed by atoms with Gasteiger partial charge in [0.05, 0.1) is 0 Å². The predicted molar refractivity (Wildman–Crippen MR) is 75.7 cm³/mol. The number of aryl methyl sites for hydroxylation is 1. The molecule has 0 aliphatic carbocycles. The number of hydrogen-bond donors (Lipinski definition) is 1. The second-order valence-corrected chi connectivity index (χ2v) is 5.33. The number of rotatable bonds is 3. The highest BCUT2D eigenvalue weighted by molar-refractivity contribution is 6.30. The van der Waals surface area contributed by atoms with Crippen molar-refractivity contribution in [2.24, 2.45) is 0 Å². The lowest BCUT2D eigenvalue weighted by molar-refractivity contribution is -0.134. The fourth-order valence-corrected chi connectivity index (χ4v) is 2.39. The molecule has 1 aliphatic heterocycles. The standard InChI is InChI=1S/C14H19ClN2O2/c1-10-7-12(15)3-4-13(10)19-9-14(18)17-6-5-16-11(2)8-17/h3-4,7,11,16H,5-6,8-9H2,1-2H3. The molecule has 1 aliphatic rings. The molecule has 0 aromatic heterocycles. The molecule has 1 aromatic carbocycles. The number of piperazine rings is 1. The third-order valence-corrected chi connectivity index (χ3v) is 3.44. The van der Waals surface area contributed by atoms with Crippen LogP contribution in [0.2, 0.25) is 5.02 Å². The quantitative estimate of drug-likeness (QED) is 0.920. The van der Waals surface area contributed by atoms with Gasteiger partial charge in [0.25, 0.3) is 5.91 Å². The molecule has 1 N–H and O–H groups in total. The summed E-state index contributed by atoms with van der Waals surface area (Å²) in [6.07, 6.45) is 0. The van der Waals surface area contributed by atoms with Crippen molar-refractivity contribution in [3.8, 4) is 5.75 Å². The molecule has 1 saturated heterocycles. The van der Waals surface area contributed by atoms with Gasteiger partial charge in [0, 0.05) is 30.7 Å². The Morgan fingerprint density at radius 2 is 2.37 bits per heavy atom. The lowest BCUT2D eigenvalue weighted by Gasteiger charge is -2.31. The molecule has 0 radical (unpaired) electrons. The Kier molecular flexibility index (Phi) is 4.66. The van der Waals surface area contributed by atoms with E-state index in [9.17, 15) is 4.79 Å². The van der Waals surface area contributed by atoms with Crippen molar-refractivity contribution in [1.29, 1.82) is 0 Å². The van der Waals surface area contributed by atoms with Crippen LogP contribution in [0.25, 0.3) is 0 Å². The lowest BCUT2D eigenvalue weighted by atomic mass is 10.2. The maximum atomic E-state index is 12.0. The van der Waals surface area contributed by atoms with Crippen molar-refractivity contribution in [3.63, 3.8) is 0 Å². The first-order chi connectivity index (χ1) is 9.06. The highest BCUT2D eigenvalue weighted by Crippen LogP contribution is 2.21. The number of halogens is 1. The molecule has 1 unspecified atom stereocenters. The topological polar surface area (TPSA) is 41.6 Å². The van der Waals surface area contributed by atoms with Gasteiger partial charge in [-0.2, -0.15) is 0 Å². The van der Waals surface area contributed by atoms with E-state index in [-0.39, 0.29) is 12.5 Å². The Balaban J connectivity index is 1.89. The Morgan fingerprint density at radius 1 is 1.58 bits per heavy atom. The number of hydrogen-bond acceptors (Lipinski definition) is 3. The van der Waals surface area contributed by atoms with Crippen molar-refractivity contribution >= 4 is 17.5 Å². The van der Waals surface area contributed by atoms with Gasteiger partial charge >= 0.3 is 0 Å². The number of carbonyl (C=O) groups excluding carboxylic acids is 1. The van der Waals surface area contributed by atoms with Crippen molar-refractivity contribution in [2.45, 2.75) is 19.9 Å². The van der Waals surface area contributed by atoms with Gasteiger partial charge in [-0.1, -0.05) is 11.6 Å². The zero-order valence-electron chi connectivity index (χ0n) is 11.3. The molecule has 1 atom stereocenters. The molecule has 1 heterocycles. The Labute approximate surface area is 118 Å². The molecule has 1 fully saturated rings. The zero-order chi connectivity index (χ0) is 13.8. The summed E-state index contributed by atoms with van der Waals surface area (Å²) in [4.78, 5) is 13.9. The normalized spacial score (nSPS) is 19.3. The SMILES string of the molecule is Cc1cc(Cl)ccc1OCC(=O)N1CCNC(C)C1. The molecular formula is C14H19ClN2O2. The fraction of sp³-hybridized carbons (Fsp3) is 0.500. The summed E-state index contributed by atoms with van der Waals surface area (Å²) in [6.45, 7) is 6.39. The second-order valence-electron chi connectivity index (χ2n) is 4.89. The fourth-order valence-electron chi connectivity index (χ4n) is 2.16. The predicted octanol–water partition coefficient (Wildman–Crippen LogP) is 1.85. The summed E-state index contributed by atoms with van der Waals surface area (Å²) in [6, 6.07) is 5.73. The van der Waals surface area contributed by atoms with Crippen LogP contribution in [0.4, 0.5) is 0 Å². The van der Waals surface area contributed by atoms with Gasteiger partial charge < -0.3 is 15.0 Å². The van der Waals surface area contributed by atoms with Gasteiger partial charge in [0.15, 0.2) is 6.61 Å². The minimum Gasteiger partial charge on any atom is -0.483 e. The molecule has 2 rings (SSSR count). The monoisotopic (exact) mass is 282 g/mol. The number of carbonyl (C=O) groups is 1. The highest BCUT2D eigenvalue weighted by Gasteiger charge is 2.20. The van der Waals surface area contributed by atoms with Gasteiger partial charge in [-0.25, -0.2) is 0 Å². The van der Waals surface area contributed by atoms with E-state index in [0.29, 0.717) is 16.8 Å². The zero-order valence-corrected chi connectivity index (χ0v) is 12.0. The molecule has 1 aromatic rings. The third kappa shape index (κ3) is 3.85. The van der Waals surface area contributed by atoms with Crippen LogP contribution in [0.5, 0.6) is 5.75 Å². The van der Waals surface area contributed by atoms with Crippen molar-refractivity contribution < 1.29 is 9.53 Å². The van der Waals surface area contributed by atoms with Crippen molar-refractivity contribution in [1.82, 2.24) is 10.2 Å². The van der Waals surface area contributed by atoms with Crippen LogP contribution in [0.1, 0.15) is 12.5 Å². The number of nitrogens with zero attached hydrogens (tertiary/aromatic N) is 1.